The van der Waals surface area contributed by atoms with Gasteiger partial charge in [-0.25, -0.2) is 0 Å². The van der Waals surface area contributed by atoms with Gasteiger partial charge in [-0.05, 0) is 18.2 Å². The van der Waals surface area contributed by atoms with Crippen molar-refractivity contribution in [2.24, 2.45) is 0 Å². The van der Waals surface area contributed by atoms with Crippen LogP contribution in [-0.4, -0.2) is 22.6 Å². The number of rotatable bonds is 3. The van der Waals surface area contributed by atoms with Crippen LogP contribution in [0, 0.1) is 11.3 Å². The highest BCUT2D eigenvalue weighted by atomic mass is 35.5. The molecule has 0 radical (unpaired) electrons. The Morgan fingerprint density at radius 1 is 1.33 bits per heavy atom. The number of nitriles is 1. The molecular formula is C12H6Cl2F3N3O. The van der Waals surface area contributed by atoms with E-state index >= 15 is 0 Å². The molecule has 1 heterocycles. The smallest absolute Gasteiger partial charge is 0.422 e. The standard InChI is InChI=1S/C12H6Cl2F3N3O/c13-8-1-2-10(9(14)3-8)20-11(7(4-18)5-19-20)21-6-12(15,16)17/h1-3,5H,6H2. The highest BCUT2D eigenvalue weighted by Crippen LogP contribution is 2.30. The molecule has 4 nitrogen and oxygen atoms in total. The van der Waals surface area contributed by atoms with E-state index in [1.54, 1.807) is 6.07 Å². The summed E-state index contributed by atoms with van der Waals surface area (Å²) in [5.74, 6) is -0.334. The molecule has 110 valence electrons. The van der Waals surface area contributed by atoms with E-state index in [1.165, 1.54) is 18.2 Å². The van der Waals surface area contributed by atoms with E-state index in [1.807, 2.05) is 0 Å². The van der Waals surface area contributed by atoms with Crippen LogP contribution in [0.5, 0.6) is 5.88 Å². The molecule has 0 saturated carbocycles. The lowest BCUT2D eigenvalue weighted by Crippen LogP contribution is -2.20. The molecule has 2 aromatic rings. The van der Waals surface area contributed by atoms with E-state index in [9.17, 15) is 13.2 Å². The van der Waals surface area contributed by atoms with Crippen molar-refractivity contribution in [3.05, 3.63) is 40.0 Å². The second kappa shape index (κ2) is 5.84. The normalized spacial score (nSPS) is 11.2. The minimum Gasteiger partial charge on any atom is -0.467 e. The fourth-order valence-corrected chi connectivity index (χ4v) is 2.02. The fourth-order valence-electron chi connectivity index (χ4n) is 1.53. The molecular weight excluding hydrogens is 330 g/mol. The lowest BCUT2D eigenvalue weighted by atomic mass is 10.3. The molecule has 0 aliphatic heterocycles. The summed E-state index contributed by atoms with van der Waals surface area (Å²) < 4.78 is 42.5. The zero-order valence-electron chi connectivity index (χ0n) is 10.2. The van der Waals surface area contributed by atoms with Gasteiger partial charge in [0.25, 0.3) is 0 Å². The van der Waals surface area contributed by atoms with E-state index in [0.29, 0.717) is 5.02 Å². The van der Waals surface area contributed by atoms with Crippen molar-refractivity contribution in [2.75, 3.05) is 6.61 Å². The minimum absolute atomic E-state index is 0.134. The molecule has 0 amide bonds. The van der Waals surface area contributed by atoms with Crippen LogP contribution >= 0.6 is 23.2 Å². The highest BCUT2D eigenvalue weighted by molar-refractivity contribution is 6.35. The van der Waals surface area contributed by atoms with Crippen LogP contribution in [0.3, 0.4) is 0 Å². The number of hydrogen-bond acceptors (Lipinski definition) is 3. The quantitative estimate of drug-likeness (QED) is 0.852. The molecule has 2 rings (SSSR count). The molecule has 0 aliphatic carbocycles. The fraction of sp³-hybridized carbons (Fsp3) is 0.167. The average Bonchev–Trinajstić information content (AvgIpc) is 2.78. The molecule has 0 spiro atoms. The number of aromatic nitrogens is 2. The molecule has 21 heavy (non-hydrogen) atoms. The van der Waals surface area contributed by atoms with Gasteiger partial charge in [-0.2, -0.15) is 28.2 Å². The maximum atomic E-state index is 12.3. The topological polar surface area (TPSA) is 50.8 Å². The van der Waals surface area contributed by atoms with E-state index in [-0.39, 0.29) is 22.2 Å². The van der Waals surface area contributed by atoms with Crippen molar-refractivity contribution in [3.63, 3.8) is 0 Å². The van der Waals surface area contributed by atoms with Crippen molar-refractivity contribution in [1.82, 2.24) is 9.78 Å². The second-order valence-corrected chi connectivity index (χ2v) is 4.73. The van der Waals surface area contributed by atoms with E-state index in [0.717, 1.165) is 10.9 Å². The minimum atomic E-state index is -4.54. The van der Waals surface area contributed by atoms with Gasteiger partial charge in [0, 0.05) is 5.02 Å². The van der Waals surface area contributed by atoms with Crippen LogP contribution in [0.25, 0.3) is 5.69 Å². The van der Waals surface area contributed by atoms with Gasteiger partial charge in [0.2, 0.25) is 5.88 Å². The summed E-state index contributed by atoms with van der Waals surface area (Å²) >= 11 is 11.7. The SMILES string of the molecule is N#Cc1cnn(-c2ccc(Cl)cc2Cl)c1OCC(F)(F)F. The first kappa shape index (κ1) is 15.5. The summed E-state index contributed by atoms with van der Waals surface area (Å²) in [5.41, 5.74) is 0.116. The number of halogens is 5. The van der Waals surface area contributed by atoms with Crippen molar-refractivity contribution >= 4 is 23.2 Å². The van der Waals surface area contributed by atoms with Crippen molar-refractivity contribution in [1.29, 1.82) is 5.26 Å². The van der Waals surface area contributed by atoms with Crippen molar-refractivity contribution in [2.45, 2.75) is 6.18 Å². The number of nitrogens with zero attached hydrogens (tertiary/aromatic N) is 3. The van der Waals surface area contributed by atoms with Gasteiger partial charge in [-0.15, -0.1) is 0 Å². The average molecular weight is 336 g/mol. The monoisotopic (exact) mass is 335 g/mol. The third kappa shape index (κ3) is 3.60. The van der Waals surface area contributed by atoms with Crippen molar-refractivity contribution in [3.8, 4) is 17.6 Å². The van der Waals surface area contributed by atoms with Crippen LogP contribution in [0.4, 0.5) is 13.2 Å². The van der Waals surface area contributed by atoms with Gasteiger partial charge < -0.3 is 4.74 Å². The second-order valence-electron chi connectivity index (χ2n) is 3.89. The van der Waals surface area contributed by atoms with E-state index in [2.05, 4.69) is 9.84 Å². The van der Waals surface area contributed by atoms with Gasteiger partial charge in [-0.3, -0.25) is 0 Å². The van der Waals surface area contributed by atoms with Gasteiger partial charge in [0.1, 0.15) is 11.6 Å². The molecule has 0 saturated heterocycles. The molecule has 9 heteroatoms. The van der Waals surface area contributed by atoms with Gasteiger partial charge in [-0.1, -0.05) is 23.2 Å². The van der Waals surface area contributed by atoms with Crippen molar-refractivity contribution < 1.29 is 17.9 Å². The lowest BCUT2D eigenvalue weighted by molar-refractivity contribution is -0.154. The summed E-state index contributed by atoms with van der Waals surface area (Å²) in [6.45, 7) is -1.54. The van der Waals surface area contributed by atoms with E-state index in [4.69, 9.17) is 28.5 Å². The number of ether oxygens (including phenoxy) is 1. The molecule has 0 aliphatic rings. The maximum Gasteiger partial charge on any atom is 0.422 e. The third-order valence-corrected chi connectivity index (χ3v) is 2.89. The first-order chi connectivity index (χ1) is 9.81. The predicted octanol–water partition coefficient (Wildman–Crippen LogP) is 3.99. The largest absolute Gasteiger partial charge is 0.467 e. The Bertz CT molecular complexity index is 707. The first-order valence-electron chi connectivity index (χ1n) is 5.45. The molecule has 1 aromatic heterocycles. The summed E-state index contributed by atoms with van der Waals surface area (Å²) in [6, 6.07) is 6.06. The van der Waals surface area contributed by atoms with E-state index < -0.39 is 12.8 Å². The zero-order valence-corrected chi connectivity index (χ0v) is 11.7. The first-order valence-corrected chi connectivity index (χ1v) is 6.20. The highest BCUT2D eigenvalue weighted by Gasteiger charge is 2.30. The Hall–Kier alpha value is -1.91. The van der Waals surface area contributed by atoms with Gasteiger partial charge >= 0.3 is 6.18 Å². The Morgan fingerprint density at radius 2 is 2.05 bits per heavy atom. The Labute approximate surface area is 127 Å². The van der Waals surface area contributed by atoms with Crippen LogP contribution in [0.1, 0.15) is 5.56 Å². The van der Waals surface area contributed by atoms with Crippen LogP contribution in [0.15, 0.2) is 24.4 Å². The zero-order chi connectivity index (χ0) is 15.6. The van der Waals surface area contributed by atoms with Crippen LogP contribution in [-0.2, 0) is 0 Å². The Balaban J connectivity index is 2.45. The lowest BCUT2D eigenvalue weighted by Gasteiger charge is -2.12. The number of benzene rings is 1. The number of hydrogen-bond donors (Lipinski definition) is 0. The molecule has 0 N–H and O–H groups in total. The predicted molar refractivity (Wildman–Crippen MR) is 69.8 cm³/mol. The third-order valence-electron chi connectivity index (χ3n) is 2.36. The molecule has 0 bridgehead atoms. The molecule has 0 atom stereocenters. The summed E-state index contributed by atoms with van der Waals surface area (Å²) in [5, 5.41) is 13.2. The molecule has 1 aromatic carbocycles. The number of alkyl halides is 3. The Kier molecular flexibility index (Phi) is 4.30. The Morgan fingerprint density at radius 3 is 2.62 bits per heavy atom. The van der Waals surface area contributed by atoms with Gasteiger partial charge in [0.05, 0.1) is 16.9 Å². The van der Waals surface area contributed by atoms with Gasteiger partial charge in [0.15, 0.2) is 6.61 Å². The summed E-state index contributed by atoms with van der Waals surface area (Å²) in [6.07, 6.45) is -3.44. The molecule has 0 unspecified atom stereocenters. The van der Waals surface area contributed by atoms with Crippen LogP contribution < -0.4 is 4.74 Å². The van der Waals surface area contributed by atoms with Crippen LogP contribution in [0.2, 0.25) is 10.0 Å². The maximum absolute atomic E-state index is 12.3. The summed E-state index contributed by atoms with van der Waals surface area (Å²) in [4.78, 5) is 0. The summed E-state index contributed by atoms with van der Waals surface area (Å²) in [7, 11) is 0. The molecule has 0 fully saturated rings.